The van der Waals surface area contributed by atoms with Crippen molar-refractivity contribution < 1.29 is 42.4 Å². The van der Waals surface area contributed by atoms with Crippen LogP contribution >= 0.6 is 0 Å². The summed E-state index contributed by atoms with van der Waals surface area (Å²) in [5.74, 6) is -2.27. The van der Waals surface area contributed by atoms with Crippen molar-refractivity contribution in [3.05, 3.63) is 58.9 Å². The normalized spacial score (nSPS) is 18.3. The number of benzene rings is 2. The fraction of sp³-hybridized carbons (Fsp3) is 0.440. The molecule has 1 N–H and O–H groups in total. The van der Waals surface area contributed by atoms with E-state index < -0.39 is 42.4 Å². The predicted molar refractivity (Wildman–Crippen MR) is 122 cm³/mol. The Balaban J connectivity index is 1.78. The quantitative estimate of drug-likeness (QED) is 0.491. The van der Waals surface area contributed by atoms with Crippen molar-refractivity contribution in [3.8, 4) is 11.5 Å². The number of ether oxygens (including phenoxy) is 4. The Labute approximate surface area is 202 Å². The molecule has 2 aromatic rings. The van der Waals surface area contributed by atoms with Crippen LogP contribution in [0, 0.1) is 12.7 Å². The van der Waals surface area contributed by atoms with Gasteiger partial charge in [0.2, 0.25) is 0 Å². The van der Waals surface area contributed by atoms with Crippen LogP contribution in [0.4, 0.5) is 13.6 Å². The van der Waals surface area contributed by atoms with Gasteiger partial charge in [-0.1, -0.05) is 30.3 Å². The number of hydrogen-bond donors (Lipinski definition) is 1. The van der Waals surface area contributed by atoms with Gasteiger partial charge in [-0.05, 0) is 37.5 Å². The van der Waals surface area contributed by atoms with Gasteiger partial charge in [0.15, 0.2) is 11.6 Å². The van der Waals surface area contributed by atoms with Gasteiger partial charge in [0.05, 0.1) is 32.4 Å². The zero-order valence-electron chi connectivity index (χ0n) is 19.8. The molecular formula is C25H29F2NO7. The van der Waals surface area contributed by atoms with Gasteiger partial charge in [-0.2, -0.15) is 0 Å². The lowest BCUT2D eigenvalue weighted by Gasteiger charge is -2.23. The Bertz CT molecular complexity index is 1030. The fourth-order valence-electron chi connectivity index (χ4n) is 3.85. The second-order valence-corrected chi connectivity index (χ2v) is 8.34. The Hall–Kier alpha value is -3.40. The van der Waals surface area contributed by atoms with Crippen LogP contribution in [0.15, 0.2) is 36.4 Å². The van der Waals surface area contributed by atoms with Crippen molar-refractivity contribution in [1.29, 1.82) is 0 Å². The second kappa shape index (κ2) is 11.8. The van der Waals surface area contributed by atoms with Crippen molar-refractivity contribution >= 4 is 12.1 Å². The third kappa shape index (κ3) is 6.39. The number of nitrogens with zero attached hydrogens (tertiary/aromatic N) is 1. The van der Waals surface area contributed by atoms with Gasteiger partial charge in [-0.25, -0.2) is 18.4 Å². The molecule has 1 saturated heterocycles. The Kier molecular flexibility index (Phi) is 8.86. The van der Waals surface area contributed by atoms with Crippen molar-refractivity contribution in [2.24, 2.45) is 0 Å². The van der Waals surface area contributed by atoms with Crippen molar-refractivity contribution in [3.63, 3.8) is 0 Å². The van der Waals surface area contributed by atoms with E-state index >= 15 is 0 Å². The molecule has 0 aromatic heterocycles. The van der Waals surface area contributed by atoms with Crippen LogP contribution in [0.2, 0.25) is 0 Å². The lowest BCUT2D eigenvalue weighted by Crippen LogP contribution is -2.38. The van der Waals surface area contributed by atoms with Gasteiger partial charge in [0, 0.05) is 0 Å². The summed E-state index contributed by atoms with van der Waals surface area (Å²) in [6.07, 6.45) is -2.12. The average molecular weight is 494 g/mol. The SMILES string of the molecule is COC(=O)c1c(OC[C@H]2C[C@H](OCc3ccccc3)CN2C(=O)O)cc(C)c(F)c1OC(C)CF. The summed E-state index contributed by atoms with van der Waals surface area (Å²) >= 11 is 0. The van der Waals surface area contributed by atoms with Crippen LogP contribution in [0.25, 0.3) is 0 Å². The highest BCUT2D eigenvalue weighted by molar-refractivity contribution is 5.96. The number of methoxy groups -OCH3 is 1. The number of carboxylic acid groups (broad SMARTS) is 1. The number of carbonyl (C=O) groups excluding carboxylic acids is 1. The average Bonchev–Trinajstić information content (AvgIpc) is 3.28. The molecule has 0 spiro atoms. The molecule has 0 radical (unpaired) electrons. The van der Waals surface area contributed by atoms with Crippen LogP contribution < -0.4 is 9.47 Å². The molecule has 35 heavy (non-hydrogen) atoms. The maximum atomic E-state index is 14.8. The number of hydrogen-bond acceptors (Lipinski definition) is 6. The summed E-state index contributed by atoms with van der Waals surface area (Å²) in [4.78, 5) is 25.5. The first kappa shape index (κ1) is 26.2. The minimum absolute atomic E-state index is 0.0456. The maximum Gasteiger partial charge on any atom is 0.407 e. The van der Waals surface area contributed by atoms with Crippen LogP contribution in [0.1, 0.15) is 34.8 Å². The number of halogens is 2. The molecule has 1 amide bonds. The van der Waals surface area contributed by atoms with Crippen molar-refractivity contribution in [2.45, 2.75) is 45.1 Å². The van der Waals surface area contributed by atoms with Gasteiger partial charge in [-0.3, -0.25) is 4.90 Å². The first-order valence-corrected chi connectivity index (χ1v) is 11.2. The topological polar surface area (TPSA) is 94.5 Å². The minimum atomic E-state index is -1.13. The molecule has 190 valence electrons. The predicted octanol–water partition coefficient (Wildman–Crippen LogP) is 4.37. The van der Waals surface area contributed by atoms with Crippen LogP contribution in [-0.4, -0.2) is 67.3 Å². The molecule has 3 atom stereocenters. The smallest absolute Gasteiger partial charge is 0.407 e. The van der Waals surface area contributed by atoms with Crippen molar-refractivity contribution in [2.75, 3.05) is 26.9 Å². The lowest BCUT2D eigenvalue weighted by atomic mass is 10.1. The summed E-state index contributed by atoms with van der Waals surface area (Å²) in [7, 11) is 1.12. The number of likely N-dealkylation sites (tertiary alicyclic amines) is 1. The Morgan fingerprint density at radius 3 is 2.60 bits per heavy atom. The summed E-state index contributed by atoms with van der Waals surface area (Å²) in [6.45, 7) is 2.31. The van der Waals surface area contributed by atoms with E-state index in [1.165, 1.54) is 24.8 Å². The van der Waals surface area contributed by atoms with E-state index in [4.69, 9.17) is 18.9 Å². The highest BCUT2D eigenvalue weighted by Gasteiger charge is 2.37. The van der Waals surface area contributed by atoms with Crippen LogP contribution in [-0.2, 0) is 16.1 Å². The zero-order chi connectivity index (χ0) is 25.5. The van der Waals surface area contributed by atoms with Crippen LogP contribution in [0.5, 0.6) is 11.5 Å². The zero-order valence-corrected chi connectivity index (χ0v) is 19.8. The van der Waals surface area contributed by atoms with Gasteiger partial charge < -0.3 is 24.1 Å². The highest BCUT2D eigenvalue weighted by Crippen LogP contribution is 2.36. The molecule has 3 rings (SSSR count). The number of aryl methyl sites for hydroxylation is 1. The highest BCUT2D eigenvalue weighted by atomic mass is 19.1. The first-order valence-electron chi connectivity index (χ1n) is 11.2. The van der Waals surface area contributed by atoms with E-state index in [1.54, 1.807) is 0 Å². The number of esters is 1. The van der Waals surface area contributed by atoms with Gasteiger partial charge in [0.25, 0.3) is 0 Å². The first-order chi connectivity index (χ1) is 16.7. The maximum absolute atomic E-state index is 14.8. The molecule has 1 aliphatic heterocycles. The molecule has 0 bridgehead atoms. The number of carbonyl (C=O) groups is 2. The van der Waals surface area contributed by atoms with Crippen molar-refractivity contribution in [1.82, 2.24) is 4.90 Å². The van der Waals surface area contributed by atoms with E-state index in [-0.39, 0.29) is 36.1 Å². The Morgan fingerprint density at radius 1 is 1.26 bits per heavy atom. The third-order valence-corrected chi connectivity index (χ3v) is 5.67. The molecule has 1 aliphatic rings. The largest absolute Gasteiger partial charge is 0.490 e. The van der Waals surface area contributed by atoms with E-state index in [0.717, 1.165) is 12.7 Å². The van der Waals surface area contributed by atoms with E-state index in [0.29, 0.717) is 13.0 Å². The molecule has 10 heteroatoms. The molecule has 0 saturated carbocycles. The molecule has 8 nitrogen and oxygen atoms in total. The van der Waals surface area contributed by atoms with E-state index in [9.17, 15) is 23.5 Å². The molecule has 1 unspecified atom stereocenters. The number of alkyl halides is 1. The standard InChI is InChI=1S/C25H29F2NO7/c1-15-9-20(21(24(29)32-3)23(22(15)27)35-16(2)11-26)34-14-18-10-19(12-28(18)25(30)31)33-13-17-7-5-4-6-8-17/h4-9,16,18-19H,10-14H2,1-3H3,(H,30,31)/t16?,18-,19+/m1/s1. The number of amides is 1. The van der Waals surface area contributed by atoms with Gasteiger partial charge in [-0.15, -0.1) is 0 Å². The summed E-state index contributed by atoms with van der Waals surface area (Å²) in [5.41, 5.74) is 0.751. The number of rotatable bonds is 10. The lowest BCUT2D eigenvalue weighted by molar-refractivity contribution is 0.0465. The second-order valence-electron chi connectivity index (χ2n) is 8.34. The van der Waals surface area contributed by atoms with E-state index in [2.05, 4.69) is 0 Å². The minimum Gasteiger partial charge on any atom is -0.490 e. The fourth-order valence-corrected chi connectivity index (χ4v) is 3.85. The molecule has 1 heterocycles. The molecule has 1 fully saturated rings. The van der Waals surface area contributed by atoms with Gasteiger partial charge in [0.1, 0.15) is 30.7 Å². The molecule has 2 aromatic carbocycles. The summed E-state index contributed by atoms with van der Waals surface area (Å²) in [6, 6.07) is 10.2. The Morgan fingerprint density at radius 2 is 1.97 bits per heavy atom. The molecular weight excluding hydrogens is 464 g/mol. The third-order valence-electron chi connectivity index (χ3n) is 5.67. The summed E-state index contributed by atoms with van der Waals surface area (Å²) < 4.78 is 49.7. The van der Waals surface area contributed by atoms with Crippen LogP contribution in [0.3, 0.4) is 0 Å². The van der Waals surface area contributed by atoms with E-state index in [1.807, 2.05) is 30.3 Å². The monoisotopic (exact) mass is 493 g/mol. The summed E-state index contributed by atoms with van der Waals surface area (Å²) in [5, 5.41) is 9.65. The molecule has 0 aliphatic carbocycles. The van der Waals surface area contributed by atoms with Gasteiger partial charge >= 0.3 is 12.1 Å².